The molecule has 3 amide bonds. The van der Waals surface area contributed by atoms with Gasteiger partial charge in [-0.05, 0) is 29.3 Å². The summed E-state index contributed by atoms with van der Waals surface area (Å²) in [6.07, 6.45) is 3.03. The SMILES string of the molecule is O=C(CNC(=O)NCc1ccc(F)cc1)Nc1ccccc1Cn1cncn1. The van der Waals surface area contributed by atoms with E-state index in [2.05, 4.69) is 26.0 Å². The molecular formula is C19H19FN6O2. The minimum absolute atomic E-state index is 0.188. The fourth-order valence-corrected chi connectivity index (χ4v) is 2.47. The van der Waals surface area contributed by atoms with E-state index in [1.165, 1.54) is 18.5 Å². The molecular weight excluding hydrogens is 363 g/mol. The summed E-state index contributed by atoms with van der Waals surface area (Å²) < 4.78 is 14.5. The summed E-state index contributed by atoms with van der Waals surface area (Å²) in [5.74, 6) is -0.697. The first-order valence-corrected chi connectivity index (χ1v) is 8.56. The number of carbonyl (C=O) groups excluding carboxylic acids is 2. The van der Waals surface area contributed by atoms with Gasteiger partial charge in [0.05, 0.1) is 13.1 Å². The lowest BCUT2D eigenvalue weighted by Crippen LogP contribution is -2.39. The van der Waals surface area contributed by atoms with E-state index in [1.807, 2.05) is 18.2 Å². The fraction of sp³-hybridized carbons (Fsp3) is 0.158. The zero-order chi connectivity index (χ0) is 19.8. The number of amides is 3. The van der Waals surface area contributed by atoms with Gasteiger partial charge in [0.25, 0.3) is 0 Å². The van der Waals surface area contributed by atoms with Gasteiger partial charge in [-0.1, -0.05) is 30.3 Å². The van der Waals surface area contributed by atoms with Crippen molar-refractivity contribution in [2.75, 3.05) is 11.9 Å². The van der Waals surface area contributed by atoms with Crippen LogP contribution in [0.1, 0.15) is 11.1 Å². The molecule has 1 heterocycles. The van der Waals surface area contributed by atoms with E-state index >= 15 is 0 Å². The Morgan fingerprint density at radius 1 is 1.04 bits per heavy atom. The van der Waals surface area contributed by atoms with E-state index in [1.54, 1.807) is 29.2 Å². The lowest BCUT2D eigenvalue weighted by molar-refractivity contribution is -0.115. The van der Waals surface area contributed by atoms with Crippen LogP contribution in [0.2, 0.25) is 0 Å². The third-order valence-electron chi connectivity index (χ3n) is 3.87. The number of anilines is 1. The number of benzene rings is 2. The molecule has 0 unspecified atom stereocenters. The van der Waals surface area contributed by atoms with E-state index in [4.69, 9.17) is 0 Å². The second-order valence-electron chi connectivity index (χ2n) is 5.96. The Bertz CT molecular complexity index is 928. The van der Waals surface area contributed by atoms with Crippen molar-refractivity contribution in [3.05, 3.63) is 78.1 Å². The molecule has 1 aromatic heterocycles. The first-order chi connectivity index (χ1) is 13.6. The van der Waals surface area contributed by atoms with Gasteiger partial charge in [-0.15, -0.1) is 0 Å². The molecule has 3 N–H and O–H groups in total. The van der Waals surface area contributed by atoms with Crippen LogP contribution < -0.4 is 16.0 Å². The normalized spacial score (nSPS) is 10.3. The van der Waals surface area contributed by atoms with Crippen LogP contribution in [0.15, 0.2) is 61.2 Å². The number of nitrogens with zero attached hydrogens (tertiary/aromatic N) is 3. The number of carbonyl (C=O) groups is 2. The molecule has 0 saturated carbocycles. The van der Waals surface area contributed by atoms with Crippen LogP contribution in [0, 0.1) is 5.82 Å². The highest BCUT2D eigenvalue weighted by Gasteiger charge is 2.09. The highest BCUT2D eigenvalue weighted by molar-refractivity contribution is 5.94. The lowest BCUT2D eigenvalue weighted by Gasteiger charge is -2.12. The van der Waals surface area contributed by atoms with Crippen molar-refractivity contribution in [3.8, 4) is 0 Å². The Morgan fingerprint density at radius 2 is 1.82 bits per heavy atom. The second kappa shape index (κ2) is 9.26. The van der Waals surface area contributed by atoms with Crippen LogP contribution in [0.3, 0.4) is 0 Å². The quantitative estimate of drug-likeness (QED) is 0.581. The Hall–Kier alpha value is -3.75. The average Bonchev–Trinajstić information content (AvgIpc) is 3.20. The highest BCUT2D eigenvalue weighted by Crippen LogP contribution is 2.15. The van der Waals surface area contributed by atoms with Crippen LogP contribution in [-0.4, -0.2) is 33.2 Å². The second-order valence-corrected chi connectivity index (χ2v) is 5.96. The topological polar surface area (TPSA) is 101 Å². The van der Waals surface area contributed by atoms with Crippen molar-refractivity contribution in [2.45, 2.75) is 13.1 Å². The zero-order valence-corrected chi connectivity index (χ0v) is 14.9. The molecule has 0 aliphatic carbocycles. The number of urea groups is 1. The van der Waals surface area contributed by atoms with Gasteiger partial charge >= 0.3 is 6.03 Å². The molecule has 8 nitrogen and oxygen atoms in total. The van der Waals surface area contributed by atoms with Gasteiger partial charge in [-0.2, -0.15) is 5.10 Å². The molecule has 3 rings (SSSR count). The van der Waals surface area contributed by atoms with Gasteiger partial charge in [-0.25, -0.2) is 18.9 Å². The van der Waals surface area contributed by atoms with Gasteiger partial charge < -0.3 is 16.0 Å². The summed E-state index contributed by atoms with van der Waals surface area (Å²) in [6.45, 7) is 0.503. The van der Waals surface area contributed by atoms with Crippen LogP contribution in [0.5, 0.6) is 0 Å². The van der Waals surface area contributed by atoms with Crippen LogP contribution in [0.4, 0.5) is 14.9 Å². The van der Waals surface area contributed by atoms with Gasteiger partial charge in [0.1, 0.15) is 18.5 Å². The largest absolute Gasteiger partial charge is 0.334 e. The summed E-state index contributed by atoms with van der Waals surface area (Å²) in [5.41, 5.74) is 2.25. The molecule has 0 atom stereocenters. The van der Waals surface area contributed by atoms with Crippen LogP contribution in [0.25, 0.3) is 0 Å². The summed E-state index contributed by atoms with van der Waals surface area (Å²) in [5, 5.41) is 11.9. The number of halogens is 1. The molecule has 0 aliphatic heterocycles. The maximum atomic E-state index is 12.9. The number of para-hydroxylation sites is 1. The molecule has 0 bridgehead atoms. The minimum Gasteiger partial charge on any atom is -0.334 e. The number of rotatable bonds is 7. The maximum Gasteiger partial charge on any atom is 0.315 e. The minimum atomic E-state index is -0.490. The van der Waals surface area contributed by atoms with E-state index in [0.717, 1.165) is 11.1 Å². The molecule has 0 aliphatic rings. The Labute approximate surface area is 160 Å². The Balaban J connectivity index is 1.46. The molecule has 28 heavy (non-hydrogen) atoms. The summed E-state index contributed by atoms with van der Waals surface area (Å²) in [7, 11) is 0. The van der Waals surface area contributed by atoms with Gasteiger partial charge in [0.2, 0.25) is 5.91 Å². The van der Waals surface area contributed by atoms with E-state index in [9.17, 15) is 14.0 Å². The molecule has 0 radical (unpaired) electrons. The van der Waals surface area contributed by atoms with Crippen LogP contribution >= 0.6 is 0 Å². The average molecular weight is 382 g/mol. The first-order valence-electron chi connectivity index (χ1n) is 8.56. The molecule has 2 aromatic carbocycles. The third-order valence-corrected chi connectivity index (χ3v) is 3.87. The van der Waals surface area contributed by atoms with E-state index in [0.29, 0.717) is 12.2 Å². The summed E-state index contributed by atoms with van der Waals surface area (Å²) in [4.78, 5) is 27.9. The molecule has 0 fully saturated rings. The van der Waals surface area contributed by atoms with Crippen molar-refractivity contribution in [1.82, 2.24) is 25.4 Å². The Kier molecular flexibility index (Phi) is 6.29. The standard InChI is InChI=1S/C19H19FN6O2/c20-16-7-5-14(6-8-16)9-22-19(28)23-10-18(27)25-17-4-2-1-3-15(17)11-26-13-21-12-24-26/h1-8,12-13H,9-11H2,(H,25,27)(H2,22,23,28). The number of hydrogen-bond acceptors (Lipinski definition) is 4. The molecule has 144 valence electrons. The van der Waals surface area contributed by atoms with Crippen LogP contribution in [-0.2, 0) is 17.9 Å². The first kappa shape index (κ1) is 19.0. The van der Waals surface area contributed by atoms with Crippen molar-refractivity contribution >= 4 is 17.6 Å². The molecule has 3 aromatic rings. The summed E-state index contributed by atoms with van der Waals surface area (Å²) >= 11 is 0. The van der Waals surface area contributed by atoms with Gasteiger partial charge in [0, 0.05) is 12.2 Å². The van der Waals surface area contributed by atoms with E-state index in [-0.39, 0.29) is 24.8 Å². The predicted octanol–water partition coefficient (Wildman–Crippen LogP) is 1.90. The van der Waals surface area contributed by atoms with E-state index < -0.39 is 6.03 Å². The number of hydrogen-bond donors (Lipinski definition) is 3. The third kappa shape index (κ3) is 5.63. The molecule has 0 saturated heterocycles. The van der Waals surface area contributed by atoms with Crippen molar-refractivity contribution in [3.63, 3.8) is 0 Å². The van der Waals surface area contributed by atoms with Crippen molar-refractivity contribution in [2.24, 2.45) is 0 Å². The van der Waals surface area contributed by atoms with Gasteiger partial charge in [0.15, 0.2) is 0 Å². The zero-order valence-electron chi connectivity index (χ0n) is 14.9. The molecule has 0 spiro atoms. The highest BCUT2D eigenvalue weighted by atomic mass is 19.1. The van der Waals surface area contributed by atoms with Crippen molar-refractivity contribution in [1.29, 1.82) is 0 Å². The molecule has 9 heteroatoms. The number of nitrogens with one attached hydrogen (secondary N) is 3. The number of aromatic nitrogens is 3. The monoisotopic (exact) mass is 382 g/mol. The predicted molar refractivity (Wildman–Crippen MR) is 101 cm³/mol. The maximum absolute atomic E-state index is 12.9. The lowest BCUT2D eigenvalue weighted by atomic mass is 10.1. The van der Waals surface area contributed by atoms with Gasteiger partial charge in [-0.3, -0.25) is 4.79 Å². The van der Waals surface area contributed by atoms with Crippen molar-refractivity contribution < 1.29 is 14.0 Å². The fourth-order valence-electron chi connectivity index (χ4n) is 2.47. The Morgan fingerprint density at radius 3 is 2.57 bits per heavy atom. The smallest absolute Gasteiger partial charge is 0.315 e. The summed E-state index contributed by atoms with van der Waals surface area (Å²) in [6, 6.07) is 12.6.